The van der Waals surface area contributed by atoms with E-state index in [1.54, 1.807) is 23.5 Å². The first kappa shape index (κ1) is 16.2. The molecule has 0 fully saturated rings. The predicted molar refractivity (Wildman–Crippen MR) is 107 cm³/mol. The summed E-state index contributed by atoms with van der Waals surface area (Å²) < 4.78 is 2.29. The zero-order chi connectivity index (χ0) is 16.8. The van der Waals surface area contributed by atoms with Crippen molar-refractivity contribution in [3.8, 4) is 0 Å². The number of hydrogen-bond acceptors (Lipinski definition) is 4. The van der Waals surface area contributed by atoms with Gasteiger partial charge < -0.3 is 4.98 Å². The Labute approximate surface area is 160 Å². The molecule has 2 aromatic heterocycles. The Morgan fingerprint density at radius 1 is 1.21 bits per heavy atom. The molecular formula is C17H13IN2O2S2. The Bertz CT molecular complexity index is 1080. The van der Waals surface area contributed by atoms with Crippen LogP contribution in [-0.4, -0.2) is 15.5 Å². The van der Waals surface area contributed by atoms with Crippen molar-refractivity contribution in [2.24, 2.45) is 0 Å². The van der Waals surface area contributed by atoms with Crippen molar-refractivity contribution >= 4 is 62.3 Å². The summed E-state index contributed by atoms with van der Waals surface area (Å²) >= 11 is 9.08. The molecule has 4 rings (SSSR count). The maximum absolute atomic E-state index is 13.0. The smallest absolute Gasteiger partial charge is 0.270 e. The van der Waals surface area contributed by atoms with Gasteiger partial charge in [0.15, 0.2) is 4.77 Å². The highest BCUT2D eigenvalue weighted by atomic mass is 127. The van der Waals surface area contributed by atoms with Crippen LogP contribution in [0.15, 0.2) is 29.1 Å². The molecule has 3 aromatic rings. The fraction of sp³-hybridized carbons (Fsp3) is 0.235. The van der Waals surface area contributed by atoms with Gasteiger partial charge in [0.2, 0.25) is 0 Å². The second-order valence-electron chi connectivity index (χ2n) is 5.80. The molecule has 0 amide bonds. The summed E-state index contributed by atoms with van der Waals surface area (Å²) in [6, 6.07) is 7.13. The van der Waals surface area contributed by atoms with E-state index in [4.69, 9.17) is 12.2 Å². The van der Waals surface area contributed by atoms with Crippen molar-refractivity contribution in [3.05, 3.63) is 59.0 Å². The van der Waals surface area contributed by atoms with Gasteiger partial charge in [0, 0.05) is 14.0 Å². The minimum Gasteiger partial charge on any atom is -0.323 e. The van der Waals surface area contributed by atoms with E-state index in [-0.39, 0.29) is 16.2 Å². The van der Waals surface area contributed by atoms with Crippen LogP contribution in [0.4, 0.5) is 0 Å². The molecule has 7 heteroatoms. The molecule has 1 aliphatic rings. The SMILES string of the molecule is O=C(c1ccc(I)cc1)n1c(=S)[nH]c2sc3c(c2c1=O)CCCC3. The zero-order valence-electron chi connectivity index (χ0n) is 12.6. The normalized spacial score (nSPS) is 13.9. The third-order valence-electron chi connectivity index (χ3n) is 4.31. The second-order valence-corrected chi connectivity index (χ2v) is 8.54. The minimum absolute atomic E-state index is 0.162. The zero-order valence-corrected chi connectivity index (χ0v) is 16.4. The Kier molecular flexibility index (Phi) is 4.17. The molecular weight excluding hydrogens is 455 g/mol. The fourth-order valence-electron chi connectivity index (χ4n) is 3.14. The second kappa shape index (κ2) is 6.20. The molecule has 0 radical (unpaired) electrons. The van der Waals surface area contributed by atoms with Crippen molar-refractivity contribution in [2.75, 3.05) is 0 Å². The molecule has 1 N–H and O–H groups in total. The number of carbonyl (C=O) groups excluding carboxylic acids is 1. The highest BCUT2D eigenvalue weighted by Gasteiger charge is 2.22. The Morgan fingerprint density at radius 2 is 1.92 bits per heavy atom. The summed E-state index contributed by atoms with van der Waals surface area (Å²) in [5.41, 5.74) is 1.26. The van der Waals surface area contributed by atoms with Crippen LogP contribution in [0.2, 0.25) is 0 Å². The number of nitrogens with zero attached hydrogens (tertiary/aromatic N) is 1. The third-order valence-corrected chi connectivity index (χ3v) is 6.52. The molecule has 0 saturated carbocycles. The number of H-pyrrole nitrogens is 1. The monoisotopic (exact) mass is 468 g/mol. The van der Waals surface area contributed by atoms with Gasteiger partial charge in [0.1, 0.15) is 4.83 Å². The lowest BCUT2D eigenvalue weighted by Crippen LogP contribution is -2.29. The van der Waals surface area contributed by atoms with Crippen molar-refractivity contribution in [3.63, 3.8) is 0 Å². The third kappa shape index (κ3) is 2.58. The van der Waals surface area contributed by atoms with E-state index in [9.17, 15) is 9.59 Å². The molecule has 0 atom stereocenters. The van der Waals surface area contributed by atoms with Gasteiger partial charge in [-0.1, -0.05) is 0 Å². The molecule has 0 unspecified atom stereocenters. The van der Waals surface area contributed by atoms with Crippen LogP contribution in [0.25, 0.3) is 10.2 Å². The Hall–Kier alpha value is -1.32. The summed E-state index contributed by atoms with van der Waals surface area (Å²) in [6.45, 7) is 0. The van der Waals surface area contributed by atoms with Gasteiger partial charge >= 0.3 is 0 Å². The maximum atomic E-state index is 13.0. The first-order chi connectivity index (χ1) is 11.6. The Morgan fingerprint density at radius 3 is 2.67 bits per heavy atom. The van der Waals surface area contributed by atoms with Gasteiger partial charge in [-0.3, -0.25) is 9.59 Å². The largest absolute Gasteiger partial charge is 0.323 e. The Balaban J connectivity index is 1.95. The lowest BCUT2D eigenvalue weighted by Gasteiger charge is -2.10. The highest BCUT2D eigenvalue weighted by Crippen LogP contribution is 2.33. The molecule has 4 nitrogen and oxygen atoms in total. The number of fused-ring (bicyclic) bond motifs is 3. The highest BCUT2D eigenvalue weighted by molar-refractivity contribution is 14.1. The van der Waals surface area contributed by atoms with Crippen LogP contribution in [-0.2, 0) is 12.8 Å². The lowest BCUT2D eigenvalue weighted by molar-refractivity contribution is 0.0953. The number of thiophene rings is 1. The van der Waals surface area contributed by atoms with Gasteiger partial charge in [-0.25, -0.2) is 4.57 Å². The average molecular weight is 468 g/mol. The van der Waals surface area contributed by atoms with Crippen molar-refractivity contribution in [1.82, 2.24) is 9.55 Å². The topological polar surface area (TPSA) is 54.9 Å². The lowest BCUT2D eigenvalue weighted by atomic mass is 9.97. The number of carbonyl (C=O) groups is 1. The van der Waals surface area contributed by atoms with Crippen molar-refractivity contribution < 1.29 is 4.79 Å². The molecule has 1 aromatic carbocycles. The summed E-state index contributed by atoms with van der Waals surface area (Å²) in [4.78, 5) is 31.0. The number of aromatic nitrogens is 2. The number of hydrogen-bond donors (Lipinski definition) is 1. The minimum atomic E-state index is -0.379. The quantitative estimate of drug-likeness (QED) is 0.428. The van der Waals surface area contributed by atoms with E-state index in [0.717, 1.165) is 44.2 Å². The summed E-state index contributed by atoms with van der Waals surface area (Å²) in [7, 11) is 0. The van der Waals surface area contributed by atoms with E-state index >= 15 is 0 Å². The van der Waals surface area contributed by atoms with E-state index < -0.39 is 0 Å². The van der Waals surface area contributed by atoms with Gasteiger partial charge in [-0.05, 0) is 90.3 Å². The van der Waals surface area contributed by atoms with Gasteiger partial charge in [0.25, 0.3) is 11.5 Å². The van der Waals surface area contributed by atoms with Crippen LogP contribution in [0.3, 0.4) is 0 Å². The number of benzene rings is 1. The molecule has 122 valence electrons. The molecule has 0 aliphatic heterocycles. The van der Waals surface area contributed by atoms with E-state index in [0.29, 0.717) is 10.9 Å². The van der Waals surface area contributed by atoms with Crippen LogP contribution < -0.4 is 5.56 Å². The number of aryl methyl sites for hydroxylation is 2. The molecule has 24 heavy (non-hydrogen) atoms. The summed E-state index contributed by atoms with van der Waals surface area (Å²) in [5.74, 6) is -0.379. The summed E-state index contributed by atoms with van der Waals surface area (Å²) in [5, 5.41) is 0.641. The van der Waals surface area contributed by atoms with E-state index in [2.05, 4.69) is 27.6 Å². The molecule has 2 heterocycles. The molecule has 0 spiro atoms. The standard InChI is InChI=1S/C17H13IN2O2S2/c18-10-7-5-9(6-8-10)15(21)20-16(22)13-11-3-1-2-4-12(11)24-14(13)19-17(20)23/h5-8H,1-4H2,(H,19,23). The molecule has 1 aliphatic carbocycles. The number of halogens is 1. The van der Waals surface area contributed by atoms with Gasteiger partial charge in [-0.15, -0.1) is 11.3 Å². The van der Waals surface area contributed by atoms with Gasteiger partial charge in [0.05, 0.1) is 5.39 Å². The first-order valence-electron chi connectivity index (χ1n) is 7.66. The van der Waals surface area contributed by atoms with E-state index in [1.807, 2.05) is 12.1 Å². The van der Waals surface area contributed by atoms with Crippen molar-refractivity contribution in [2.45, 2.75) is 25.7 Å². The molecule has 0 bridgehead atoms. The number of aromatic amines is 1. The number of rotatable bonds is 1. The molecule has 0 saturated heterocycles. The van der Waals surface area contributed by atoms with Crippen LogP contribution in [0.1, 0.15) is 33.6 Å². The fourth-order valence-corrected chi connectivity index (χ4v) is 5.12. The predicted octanol–water partition coefficient (Wildman–Crippen LogP) is 4.29. The van der Waals surface area contributed by atoms with Crippen LogP contribution >= 0.6 is 46.1 Å². The van der Waals surface area contributed by atoms with Crippen molar-refractivity contribution in [1.29, 1.82) is 0 Å². The van der Waals surface area contributed by atoms with E-state index in [1.165, 1.54) is 4.88 Å². The van der Waals surface area contributed by atoms with Crippen LogP contribution in [0.5, 0.6) is 0 Å². The average Bonchev–Trinajstić information content (AvgIpc) is 2.93. The van der Waals surface area contributed by atoms with Crippen LogP contribution in [0, 0.1) is 8.34 Å². The van der Waals surface area contributed by atoms with Gasteiger partial charge in [-0.2, -0.15) is 0 Å². The maximum Gasteiger partial charge on any atom is 0.270 e. The number of nitrogens with one attached hydrogen (secondary N) is 1. The first-order valence-corrected chi connectivity index (χ1v) is 9.96. The summed E-state index contributed by atoms with van der Waals surface area (Å²) in [6.07, 6.45) is 4.13.